The molecule has 4 nitrogen and oxygen atoms in total. The number of hydrogen-bond donors (Lipinski definition) is 1. The molecule has 0 unspecified atom stereocenters. The molecule has 0 radical (unpaired) electrons. The van der Waals surface area contributed by atoms with Crippen LogP contribution in [-0.4, -0.2) is 38.6 Å². The summed E-state index contributed by atoms with van der Waals surface area (Å²) >= 11 is 0. The van der Waals surface area contributed by atoms with E-state index in [1.165, 1.54) is 0 Å². The van der Waals surface area contributed by atoms with Gasteiger partial charge in [0.25, 0.3) is 0 Å². The molecule has 1 aliphatic heterocycles. The molecule has 0 atom stereocenters. The largest absolute Gasteiger partial charge is 0.395 e. The summed E-state index contributed by atoms with van der Waals surface area (Å²) in [5, 5.41) is 8.87. The molecule has 0 aromatic heterocycles. The number of sulfone groups is 1. The van der Waals surface area contributed by atoms with Crippen LogP contribution in [0.4, 0.5) is 0 Å². The topological polar surface area (TPSA) is 63.6 Å². The van der Waals surface area contributed by atoms with Gasteiger partial charge in [0.05, 0.1) is 24.7 Å². The SMILES string of the molecule is CC(C)(CO)c1ccc(S(=O)(=O)C2COC2)cc1. The van der Waals surface area contributed by atoms with Crippen molar-refractivity contribution in [3.05, 3.63) is 29.8 Å². The second-order valence-electron chi connectivity index (χ2n) is 5.27. The lowest BCUT2D eigenvalue weighted by molar-refractivity contribution is 0.0416. The molecular formula is C13H18O4S. The molecule has 1 aromatic rings. The number of hydrogen-bond acceptors (Lipinski definition) is 4. The normalized spacial score (nSPS) is 17.5. The molecule has 5 heteroatoms. The Labute approximate surface area is 108 Å². The van der Waals surface area contributed by atoms with Gasteiger partial charge in [-0.3, -0.25) is 0 Å². The van der Waals surface area contributed by atoms with E-state index >= 15 is 0 Å². The van der Waals surface area contributed by atoms with Gasteiger partial charge in [0, 0.05) is 5.41 Å². The van der Waals surface area contributed by atoms with Crippen molar-refractivity contribution in [1.82, 2.24) is 0 Å². The lowest BCUT2D eigenvalue weighted by atomic mass is 9.86. The summed E-state index contributed by atoms with van der Waals surface area (Å²) in [6, 6.07) is 6.76. The van der Waals surface area contributed by atoms with Crippen molar-refractivity contribution in [2.75, 3.05) is 19.8 Å². The van der Waals surface area contributed by atoms with Gasteiger partial charge in [-0.05, 0) is 17.7 Å². The summed E-state index contributed by atoms with van der Waals surface area (Å²) < 4.78 is 29.2. The molecule has 1 heterocycles. The van der Waals surface area contributed by atoms with E-state index in [-0.39, 0.29) is 25.2 Å². The van der Waals surface area contributed by atoms with Crippen LogP contribution in [0.15, 0.2) is 29.2 Å². The zero-order chi connectivity index (χ0) is 13.4. The summed E-state index contributed by atoms with van der Waals surface area (Å²) in [5.41, 5.74) is 0.566. The first-order valence-electron chi connectivity index (χ1n) is 5.91. The average molecular weight is 270 g/mol. The van der Waals surface area contributed by atoms with Gasteiger partial charge < -0.3 is 9.84 Å². The van der Waals surface area contributed by atoms with Crippen molar-refractivity contribution in [1.29, 1.82) is 0 Å². The number of aliphatic hydroxyl groups is 1. The van der Waals surface area contributed by atoms with Crippen LogP contribution in [0, 0.1) is 0 Å². The number of benzene rings is 1. The Morgan fingerprint density at radius 1 is 1.28 bits per heavy atom. The molecule has 1 aromatic carbocycles. The zero-order valence-corrected chi connectivity index (χ0v) is 11.4. The van der Waals surface area contributed by atoms with Crippen LogP contribution in [0.25, 0.3) is 0 Å². The van der Waals surface area contributed by atoms with E-state index in [1.807, 2.05) is 13.8 Å². The predicted molar refractivity (Wildman–Crippen MR) is 68.3 cm³/mol. The molecule has 0 saturated carbocycles. The first-order chi connectivity index (χ1) is 8.38. The molecule has 0 spiro atoms. The maximum atomic E-state index is 12.1. The van der Waals surface area contributed by atoms with E-state index < -0.39 is 15.1 Å². The van der Waals surface area contributed by atoms with Crippen molar-refractivity contribution >= 4 is 9.84 Å². The molecule has 1 aliphatic rings. The van der Waals surface area contributed by atoms with Gasteiger partial charge in [0.2, 0.25) is 0 Å². The second-order valence-corrected chi connectivity index (χ2v) is 7.50. The Bertz CT molecular complexity index is 512. The highest BCUT2D eigenvalue weighted by Crippen LogP contribution is 2.26. The number of aliphatic hydroxyl groups excluding tert-OH is 1. The minimum absolute atomic E-state index is 0.0234. The second kappa shape index (κ2) is 4.64. The molecule has 18 heavy (non-hydrogen) atoms. The van der Waals surface area contributed by atoms with E-state index in [2.05, 4.69) is 0 Å². The van der Waals surface area contributed by atoms with Crippen LogP contribution in [-0.2, 0) is 20.0 Å². The van der Waals surface area contributed by atoms with E-state index in [9.17, 15) is 13.5 Å². The molecule has 0 bridgehead atoms. The van der Waals surface area contributed by atoms with Gasteiger partial charge >= 0.3 is 0 Å². The van der Waals surface area contributed by atoms with Gasteiger partial charge in [-0.2, -0.15) is 0 Å². The minimum Gasteiger partial charge on any atom is -0.395 e. The Hall–Kier alpha value is -0.910. The summed E-state index contributed by atoms with van der Waals surface area (Å²) in [7, 11) is -3.26. The quantitative estimate of drug-likeness (QED) is 0.891. The molecule has 1 saturated heterocycles. The van der Waals surface area contributed by atoms with Crippen molar-refractivity contribution in [2.45, 2.75) is 29.4 Å². The molecule has 2 rings (SSSR count). The standard InChI is InChI=1S/C13H18O4S/c1-13(2,9-14)10-3-5-11(6-4-10)18(15,16)12-7-17-8-12/h3-6,12,14H,7-9H2,1-2H3. The van der Waals surface area contributed by atoms with Crippen LogP contribution in [0.3, 0.4) is 0 Å². The Morgan fingerprint density at radius 2 is 1.83 bits per heavy atom. The first-order valence-corrected chi connectivity index (χ1v) is 7.45. The third-order valence-electron chi connectivity index (χ3n) is 3.41. The molecule has 0 aliphatic carbocycles. The van der Waals surface area contributed by atoms with E-state index in [1.54, 1.807) is 24.3 Å². The molecule has 0 amide bonds. The maximum absolute atomic E-state index is 12.1. The van der Waals surface area contributed by atoms with E-state index in [0.717, 1.165) is 5.56 Å². The fourth-order valence-electron chi connectivity index (χ4n) is 1.77. The fraction of sp³-hybridized carbons (Fsp3) is 0.538. The first kappa shape index (κ1) is 13.5. The van der Waals surface area contributed by atoms with Crippen molar-refractivity contribution < 1.29 is 18.3 Å². The van der Waals surface area contributed by atoms with Crippen molar-refractivity contribution in [3.8, 4) is 0 Å². The fourth-order valence-corrected chi connectivity index (χ4v) is 3.22. The summed E-state index contributed by atoms with van der Waals surface area (Å²) in [6.45, 7) is 4.42. The molecular weight excluding hydrogens is 252 g/mol. The van der Waals surface area contributed by atoms with Crippen molar-refractivity contribution in [2.24, 2.45) is 0 Å². The van der Waals surface area contributed by atoms with Crippen LogP contribution in [0.5, 0.6) is 0 Å². The lowest BCUT2D eigenvalue weighted by Crippen LogP contribution is -2.40. The molecule has 1 fully saturated rings. The predicted octanol–water partition coefficient (Wildman–Crippen LogP) is 1.13. The van der Waals surface area contributed by atoms with Crippen LogP contribution in [0.1, 0.15) is 19.4 Å². The van der Waals surface area contributed by atoms with Crippen LogP contribution < -0.4 is 0 Å². The highest BCUT2D eigenvalue weighted by molar-refractivity contribution is 7.92. The summed E-state index contributed by atoms with van der Waals surface area (Å²) in [4.78, 5) is 0.327. The van der Waals surface area contributed by atoms with Gasteiger partial charge in [0.15, 0.2) is 9.84 Å². The van der Waals surface area contributed by atoms with Gasteiger partial charge in [0.1, 0.15) is 5.25 Å². The molecule has 1 N–H and O–H groups in total. The summed E-state index contributed by atoms with van der Waals surface area (Å²) in [5.74, 6) is 0. The Kier molecular flexibility index (Phi) is 3.49. The van der Waals surface area contributed by atoms with Gasteiger partial charge in [-0.25, -0.2) is 8.42 Å². The summed E-state index contributed by atoms with van der Waals surface area (Å²) in [6.07, 6.45) is 0. The third kappa shape index (κ3) is 2.30. The molecule has 100 valence electrons. The minimum atomic E-state index is -3.26. The van der Waals surface area contributed by atoms with Crippen LogP contribution in [0.2, 0.25) is 0 Å². The monoisotopic (exact) mass is 270 g/mol. The highest BCUT2D eigenvalue weighted by atomic mass is 32.2. The number of rotatable bonds is 4. The Morgan fingerprint density at radius 3 is 2.22 bits per heavy atom. The van der Waals surface area contributed by atoms with E-state index in [0.29, 0.717) is 4.90 Å². The third-order valence-corrected chi connectivity index (χ3v) is 5.48. The van der Waals surface area contributed by atoms with Crippen molar-refractivity contribution in [3.63, 3.8) is 0 Å². The number of ether oxygens (including phenoxy) is 1. The van der Waals surface area contributed by atoms with E-state index in [4.69, 9.17) is 4.74 Å². The van der Waals surface area contributed by atoms with Gasteiger partial charge in [-0.1, -0.05) is 26.0 Å². The van der Waals surface area contributed by atoms with Gasteiger partial charge in [-0.15, -0.1) is 0 Å². The van der Waals surface area contributed by atoms with Crippen LogP contribution >= 0.6 is 0 Å². The lowest BCUT2D eigenvalue weighted by Gasteiger charge is -2.26. The smallest absolute Gasteiger partial charge is 0.185 e. The Balaban J connectivity index is 2.28. The highest BCUT2D eigenvalue weighted by Gasteiger charge is 2.34. The maximum Gasteiger partial charge on any atom is 0.185 e. The zero-order valence-electron chi connectivity index (χ0n) is 10.6. The average Bonchev–Trinajstić information content (AvgIpc) is 2.26.